The fourth-order valence-electron chi connectivity index (χ4n) is 4.09. The Bertz CT molecular complexity index is 990. The molecule has 2 aliphatic heterocycles. The van der Waals surface area contributed by atoms with Gasteiger partial charge < -0.3 is 14.7 Å². The number of nitrogens with zero attached hydrogens (tertiary/aromatic N) is 6. The first-order valence-electron chi connectivity index (χ1n) is 10.2. The van der Waals surface area contributed by atoms with E-state index < -0.39 is 0 Å². The molecule has 1 aromatic carbocycles. The van der Waals surface area contributed by atoms with Gasteiger partial charge in [-0.1, -0.05) is 0 Å². The molecule has 2 aromatic heterocycles. The van der Waals surface area contributed by atoms with E-state index in [-0.39, 0.29) is 5.91 Å². The summed E-state index contributed by atoms with van der Waals surface area (Å²) in [5.74, 6) is 1.95. The van der Waals surface area contributed by atoms with Crippen molar-refractivity contribution in [3.8, 4) is 0 Å². The highest BCUT2D eigenvalue weighted by Crippen LogP contribution is 2.22. The van der Waals surface area contributed by atoms with Crippen molar-refractivity contribution in [1.82, 2.24) is 20.1 Å². The SMILES string of the molecule is O=C(c1ccc2ncsc2c1)N1CCN(c2ccc(N3CCCCC3)nn2)CC1. The minimum absolute atomic E-state index is 0.0893. The van der Waals surface area contributed by atoms with Gasteiger partial charge in [0.15, 0.2) is 11.6 Å². The van der Waals surface area contributed by atoms with Crippen molar-refractivity contribution in [3.05, 3.63) is 41.4 Å². The molecule has 29 heavy (non-hydrogen) atoms. The number of piperazine rings is 1. The summed E-state index contributed by atoms with van der Waals surface area (Å²) in [6.45, 7) is 5.06. The highest BCUT2D eigenvalue weighted by atomic mass is 32.1. The third kappa shape index (κ3) is 3.76. The number of benzene rings is 1. The molecule has 0 saturated carbocycles. The van der Waals surface area contributed by atoms with Crippen LogP contribution in [0.3, 0.4) is 0 Å². The maximum Gasteiger partial charge on any atom is 0.254 e. The first-order valence-corrected chi connectivity index (χ1v) is 11.1. The Morgan fingerprint density at radius 2 is 1.52 bits per heavy atom. The summed E-state index contributed by atoms with van der Waals surface area (Å²) in [6, 6.07) is 9.89. The third-order valence-electron chi connectivity index (χ3n) is 5.79. The van der Waals surface area contributed by atoms with Crippen LogP contribution in [0.4, 0.5) is 11.6 Å². The number of hydrogen-bond acceptors (Lipinski definition) is 7. The second-order valence-electron chi connectivity index (χ2n) is 7.61. The quantitative estimate of drug-likeness (QED) is 0.664. The molecule has 0 unspecified atom stereocenters. The van der Waals surface area contributed by atoms with Gasteiger partial charge in [-0.2, -0.15) is 0 Å². The lowest BCUT2D eigenvalue weighted by Gasteiger charge is -2.35. The Hall–Kier alpha value is -2.74. The molecule has 0 aliphatic carbocycles. The van der Waals surface area contributed by atoms with Gasteiger partial charge in [-0.15, -0.1) is 21.5 Å². The van der Waals surface area contributed by atoms with E-state index in [0.29, 0.717) is 13.1 Å². The fourth-order valence-corrected chi connectivity index (χ4v) is 4.80. The van der Waals surface area contributed by atoms with Crippen molar-refractivity contribution < 1.29 is 4.79 Å². The summed E-state index contributed by atoms with van der Waals surface area (Å²) in [5, 5.41) is 8.91. The largest absolute Gasteiger partial charge is 0.355 e. The van der Waals surface area contributed by atoms with Crippen LogP contribution >= 0.6 is 11.3 Å². The normalized spacial score (nSPS) is 17.7. The second kappa shape index (κ2) is 7.94. The zero-order chi connectivity index (χ0) is 19.6. The average Bonchev–Trinajstić information content (AvgIpc) is 3.27. The summed E-state index contributed by atoms with van der Waals surface area (Å²) in [4.78, 5) is 23.6. The molecule has 3 aromatic rings. The zero-order valence-electron chi connectivity index (χ0n) is 16.3. The zero-order valence-corrected chi connectivity index (χ0v) is 17.1. The molecule has 150 valence electrons. The van der Waals surface area contributed by atoms with E-state index in [1.165, 1.54) is 19.3 Å². The van der Waals surface area contributed by atoms with Crippen molar-refractivity contribution in [2.24, 2.45) is 0 Å². The number of hydrogen-bond donors (Lipinski definition) is 0. The molecule has 2 fully saturated rings. The highest BCUT2D eigenvalue weighted by Gasteiger charge is 2.23. The van der Waals surface area contributed by atoms with Gasteiger partial charge in [-0.25, -0.2) is 4.98 Å². The molecule has 2 saturated heterocycles. The number of rotatable bonds is 3. The summed E-state index contributed by atoms with van der Waals surface area (Å²) in [7, 11) is 0. The lowest BCUT2D eigenvalue weighted by molar-refractivity contribution is 0.0746. The Morgan fingerprint density at radius 1 is 0.828 bits per heavy atom. The molecule has 0 radical (unpaired) electrons. The van der Waals surface area contributed by atoms with E-state index in [0.717, 1.165) is 53.6 Å². The fraction of sp³-hybridized carbons (Fsp3) is 0.429. The van der Waals surface area contributed by atoms with Crippen molar-refractivity contribution in [1.29, 1.82) is 0 Å². The first kappa shape index (κ1) is 18.3. The van der Waals surface area contributed by atoms with Gasteiger partial charge in [0.2, 0.25) is 0 Å². The number of carbonyl (C=O) groups excluding carboxylic acids is 1. The molecule has 8 heteroatoms. The summed E-state index contributed by atoms with van der Waals surface area (Å²) in [5.41, 5.74) is 3.50. The summed E-state index contributed by atoms with van der Waals surface area (Å²) < 4.78 is 1.05. The number of fused-ring (bicyclic) bond motifs is 1. The smallest absolute Gasteiger partial charge is 0.254 e. The number of anilines is 2. The van der Waals surface area contributed by atoms with Crippen LogP contribution in [-0.4, -0.2) is 65.3 Å². The third-order valence-corrected chi connectivity index (χ3v) is 6.58. The van der Waals surface area contributed by atoms with Crippen LogP contribution in [0.1, 0.15) is 29.6 Å². The van der Waals surface area contributed by atoms with Gasteiger partial charge in [-0.3, -0.25) is 4.79 Å². The number of aromatic nitrogens is 3. The maximum absolute atomic E-state index is 12.9. The molecule has 0 atom stereocenters. The van der Waals surface area contributed by atoms with E-state index in [1.807, 2.05) is 28.6 Å². The Kier molecular flexibility index (Phi) is 5.01. The molecule has 0 bridgehead atoms. The Labute approximate surface area is 174 Å². The molecule has 2 aliphatic rings. The monoisotopic (exact) mass is 408 g/mol. The lowest BCUT2D eigenvalue weighted by atomic mass is 10.1. The molecular formula is C21H24N6OS. The molecule has 1 amide bonds. The molecule has 5 rings (SSSR count). The average molecular weight is 409 g/mol. The minimum Gasteiger partial charge on any atom is -0.355 e. The summed E-state index contributed by atoms with van der Waals surface area (Å²) >= 11 is 1.57. The van der Waals surface area contributed by atoms with E-state index >= 15 is 0 Å². The molecule has 0 spiro atoms. The second-order valence-corrected chi connectivity index (χ2v) is 8.50. The van der Waals surface area contributed by atoms with Crippen LogP contribution in [-0.2, 0) is 0 Å². The standard InChI is InChI=1S/C21H24N6OS/c28-21(16-4-5-17-18(14-16)29-15-22-17)27-12-10-26(11-13-27)20-7-6-19(23-24-20)25-8-2-1-3-9-25/h4-7,14-15H,1-3,8-13H2. The van der Waals surface area contributed by atoms with E-state index in [2.05, 4.69) is 37.1 Å². The first-order chi connectivity index (χ1) is 14.3. The van der Waals surface area contributed by atoms with Crippen LogP contribution in [0.5, 0.6) is 0 Å². The van der Waals surface area contributed by atoms with Crippen LogP contribution < -0.4 is 9.80 Å². The molecule has 0 N–H and O–H groups in total. The number of thiazole rings is 1. The van der Waals surface area contributed by atoms with Gasteiger partial charge in [0.1, 0.15) is 0 Å². The Morgan fingerprint density at radius 3 is 2.21 bits per heavy atom. The van der Waals surface area contributed by atoms with Gasteiger partial charge in [-0.05, 0) is 49.6 Å². The van der Waals surface area contributed by atoms with Crippen LogP contribution in [0, 0.1) is 0 Å². The van der Waals surface area contributed by atoms with E-state index in [9.17, 15) is 4.79 Å². The number of piperidine rings is 1. The van der Waals surface area contributed by atoms with E-state index in [1.54, 1.807) is 11.3 Å². The maximum atomic E-state index is 12.9. The highest BCUT2D eigenvalue weighted by molar-refractivity contribution is 7.16. The van der Waals surface area contributed by atoms with Crippen molar-refractivity contribution >= 4 is 39.1 Å². The van der Waals surface area contributed by atoms with Crippen molar-refractivity contribution in [2.45, 2.75) is 19.3 Å². The minimum atomic E-state index is 0.0893. The Balaban J connectivity index is 1.21. The van der Waals surface area contributed by atoms with Crippen molar-refractivity contribution in [3.63, 3.8) is 0 Å². The molecular weight excluding hydrogens is 384 g/mol. The predicted molar refractivity (Wildman–Crippen MR) is 116 cm³/mol. The van der Waals surface area contributed by atoms with Crippen molar-refractivity contribution in [2.75, 3.05) is 49.1 Å². The van der Waals surface area contributed by atoms with Gasteiger partial charge in [0.25, 0.3) is 5.91 Å². The van der Waals surface area contributed by atoms with Crippen LogP contribution in [0.15, 0.2) is 35.8 Å². The van der Waals surface area contributed by atoms with Gasteiger partial charge in [0.05, 0.1) is 15.7 Å². The molecule has 7 nitrogen and oxygen atoms in total. The van der Waals surface area contributed by atoms with Gasteiger partial charge >= 0.3 is 0 Å². The van der Waals surface area contributed by atoms with E-state index in [4.69, 9.17) is 0 Å². The van der Waals surface area contributed by atoms with Crippen LogP contribution in [0.25, 0.3) is 10.2 Å². The summed E-state index contributed by atoms with van der Waals surface area (Å²) in [6.07, 6.45) is 3.77. The van der Waals surface area contributed by atoms with Gasteiger partial charge in [0, 0.05) is 44.8 Å². The topological polar surface area (TPSA) is 65.5 Å². The lowest BCUT2D eigenvalue weighted by Crippen LogP contribution is -2.49. The number of carbonyl (C=O) groups is 1. The number of amides is 1. The predicted octanol–water partition coefficient (Wildman–Crippen LogP) is 3.04. The van der Waals surface area contributed by atoms with Crippen LogP contribution in [0.2, 0.25) is 0 Å². The molecule has 4 heterocycles.